The summed E-state index contributed by atoms with van der Waals surface area (Å²) in [5.41, 5.74) is 5.27. The smallest absolute Gasteiger partial charge is 0.293 e. The summed E-state index contributed by atoms with van der Waals surface area (Å²) in [5, 5.41) is 8.68. The predicted octanol–water partition coefficient (Wildman–Crippen LogP) is 7.76. The van der Waals surface area contributed by atoms with Crippen LogP contribution in [0.5, 0.6) is 11.5 Å². The zero-order valence-corrected chi connectivity index (χ0v) is 23.0. The predicted molar refractivity (Wildman–Crippen MR) is 152 cm³/mol. The van der Waals surface area contributed by atoms with Crippen molar-refractivity contribution in [1.29, 1.82) is 5.26 Å². The molecule has 0 unspecified atom stereocenters. The van der Waals surface area contributed by atoms with Crippen LogP contribution in [-0.2, 0) is 11.3 Å². The summed E-state index contributed by atoms with van der Waals surface area (Å²) in [6, 6.07) is 26.4. The van der Waals surface area contributed by atoms with Crippen LogP contribution in [0, 0.1) is 25.2 Å². The Balaban J connectivity index is 1.34. The van der Waals surface area contributed by atoms with Crippen LogP contribution in [-0.4, -0.2) is 20.6 Å². The normalized spacial score (nSPS) is 14.3. The summed E-state index contributed by atoms with van der Waals surface area (Å²) in [7, 11) is 0. The molecule has 38 heavy (non-hydrogen) atoms. The number of hydrogen-bond donors (Lipinski definition) is 0. The number of ether oxygens (including phenoxy) is 1. The molecular weight excluding hydrogens is 562 g/mol. The number of aryl methyl sites for hydroxylation is 1. The average molecular weight is 584 g/mol. The number of halogens is 1. The Labute approximate surface area is 233 Å². The molecule has 1 fully saturated rings. The lowest BCUT2D eigenvalue weighted by Crippen LogP contribution is -2.27. The zero-order chi connectivity index (χ0) is 26.8. The first kappa shape index (κ1) is 25.6. The molecule has 0 radical (unpaired) electrons. The van der Waals surface area contributed by atoms with Gasteiger partial charge in [0.05, 0.1) is 23.1 Å². The van der Waals surface area contributed by atoms with E-state index < -0.39 is 0 Å². The maximum absolute atomic E-state index is 13.1. The minimum absolute atomic E-state index is 0.241. The highest BCUT2D eigenvalue weighted by molar-refractivity contribution is 9.10. The molecule has 5 rings (SSSR count). The van der Waals surface area contributed by atoms with E-state index in [9.17, 15) is 9.59 Å². The van der Waals surface area contributed by atoms with Gasteiger partial charge in [-0.15, -0.1) is 0 Å². The summed E-state index contributed by atoms with van der Waals surface area (Å²) in [6.45, 7) is 4.24. The van der Waals surface area contributed by atoms with Gasteiger partial charge in [-0.3, -0.25) is 14.5 Å². The third kappa shape index (κ3) is 5.30. The summed E-state index contributed by atoms with van der Waals surface area (Å²) >= 11 is 4.37. The van der Waals surface area contributed by atoms with Crippen molar-refractivity contribution in [2.45, 2.75) is 20.4 Å². The number of rotatable bonds is 6. The molecule has 0 aliphatic carbocycles. The molecule has 1 saturated heterocycles. The van der Waals surface area contributed by atoms with Crippen LogP contribution in [0.25, 0.3) is 11.8 Å². The second kappa shape index (κ2) is 10.7. The largest absolute Gasteiger partial charge is 0.457 e. The van der Waals surface area contributed by atoms with E-state index in [1.165, 1.54) is 4.90 Å². The maximum atomic E-state index is 13.1. The molecule has 1 aliphatic heterocycles. The van der Waals surface area contributed by atoms with E-state index in [1.807, 2.05) is 68.4 Å². The van der Waals surface area contributed by atoms with Gasteiger partial charge in [0.15, 0.2) is 0 Å². The number of thioether (sulfide) groups is 1. The number of carbonyl (C=O) groups excluding carboxylic acids is 2. The molecule has 188 valence electrons. The fourth-order valence-electron chi connectivity index (χ4n) is 4.28. The highest BCUT2D eigenvalue weighted by Crippen LogP contribution is 2.35. The van der Waals surface area contributed by atoms with Crippen LogP contribution in [0.3, 0.4) is 0 Å². The van der Waals surface area contributed by atoms with E-state index in [-0.39, 0.29) is 17.7 Å². The summed E-state index contributed by atoms with van der Waals surface area (Å²) < 4.78 is 8.94. The van der Waals surface area contributed by atoms with Gasteiger partial charge in [0.1, 0.15) is 11.5 Å². The molecule has 0 atom stereocenters. The van der Waals surface area contributed by atoms with E-state index in [2.05, 4.69) is 26.6 Å². The van der Waals surface area contributed by atoms with E-state index >= 15 is 0 Å². The van der Waals surface area contributed by atoms with E-state index in [1.54, 1.807) is 30.3 Å². The number of benzene rings is 3. The molecule has 2 heterocycles. The van der Waals surface area contributed by atoms with Gasteiger partial charge in [0.25, 0.3) is 11.1 Å². The lowest BCUT2D eigenvalue weighted by Gasteiger charge is -2.12. The second-order valence-corrected chi connectivity index (χ2v) is 10.7. The van der Waals surface area contributed by atoms with Crippen molar-refractivity contribution in [2.75, 3.05) is 0 Å². The Morgan fingerprint density at radius 2 is 1.58 bits per heavy atom. The number of nitriles is 1. The van der Waals surface area contributed by atoms with Crippen molar-refractivity contribution in [3.8, 4) is 23.3 Å². The Bertz CT molecular complexity index is 1600. The first-order valence-corrected chi connectivity index (χ1v) is 13.4. The Morgan fingerprint density at radius 1 is 0.947 bits per heavy atom. The minimum Gasteiger partial charge on any atom is -0.457 e. The number of aromatic nitrogens is 1. The average Bonchev–Trinajstić information content (AvgIpc) is 3.34. The van der Waals surface area contributed by atoms with Gasteiger partial charge in [-0.2, -0.15) is 5.26 Å². The van der Waals surface area contributed by atoms with Gasteiger partial charge >= 0.3 is 0 Å². The van der Waals surface area contributed by atoms with Crippen molar-refractivity contribution in [1.82, 2.24) is 9.47 Å². The minimum atomic E-state index is -0.281. The highest BCUT2D eigenvalue weighted by atomic mass is 79.9. The lowest BCUT2D eigenvalue weighted by molar-refractivity contribution is -0.123. The summed E-state index contributed by atoms with van der Waals surface area (Å²) in [4.78, 5) is 27.4. The molecule has 1 aromatic heterocycles. The number of carbonyl (C=O) groups is 2. The van der Waals surface area contributed by atoms with Crippen molar-refractivity contribution < 1.29 is 14.3 Å². The fraction of sp³-hybridized carbons (Fsp3) is 0.100. The zero-order valence-electron chi connectivity index (χ0n) is 20.6. The Morgan fingerprint density at radius 3 is 2.21 bits per heavy atom. The molecule has 0 spiro atoms. The van der Waals surface area contributed by atoms with Crippen LogP contribution in [0.1, 0.15) is 28.1 Å². The highest BCUT2D eigenvalue weighted by Gasteiger charge is 2.35. The number of amides is 2. The van der Waals surface area contributed by atoms with Crippen LogP contribution in [0.15, 0.2) is 88.2 Å². The number of nitrogens with zero attached hydrogens (tertiary/aromatic N) is 3. The lowest BCUT2D eigenvalue weighted by atomic mass is 10.2. The Kier molecular flexibility index (Phi) is 7.23. The van der Waals surface area contributed by atoms with Crippen LogP contribution in [0.2, 0.25) is 0 Å². The maximum Gasteiger partial charge on any atom is 0.293 e. The van der Waals surface area contributed by atoms with Crippen LogP contribution in [0.4, 0.5) is 4.79 Å². The molecule has 1 aliphatic rings. The molecule has 8 heteroatoms. The van der Waals surface area contributed by atoms with Crippen molar-refractivity contribution in [2.24, 2.45) is 0 Å². The molecule has 2 amide bonds. The SMILES string of the molecule is Cc1cc(/C=C2\SC(=O)N(Cc3ccc(Br)cc3)C2=O)c(C)n1-c1ccc(Oc2ccc(C#N)cc2)cc1. The number of imide groups is 1. The van der Waals surface area contributed by atoms with Crippen molar-refractivity contribution in [3.05, 3.63) is 116 Å². The fourth-order valence-corrected chi connectivity index (χ4v) is 5.37. The van der Waals surface area contributed by atoms with E-state index in [4.69, 9.17) is 10.00 Å². The standard InChI is InChI=1S/C30H22BrN3O3S/c1-19-15-23(16-28-29(35)33(30(36)38-28)18-22-3-7-24(31)8-4-22)20(2)34(19)25-9-13-27(14-10-25)37-26-11-5-21(17-32)6-12-26/h3-16H,18H2,1-2H3/b28-16-. The third-order valence-corrected chi connectivity index (χ3v) is 7.63. The van der Waals surface area contributed by atoms with Gasteiger partial charge in [0.2, 0.25) is 0 Å². The van der Waals surface area contributed by atoms with Crippen LogP contribution < -0.4 is 4.74 Å². The Hall–Kier alpha value is -4.06. The molecule has 4 aromatic rings. The molecular formula is C30H22BrN3O3S. The van der Waals surface area contributed by atoms with E-state index in [0.29, 0.717) is 22.0 Å². The van der Waals surface area contributed by atoms with Crippen LogP contribution >= 0.6 is 27.7 Å². The quantitative estimate of drug-likeness (QED) is 0.217. The van der Waals surface area contributed by atoms with Gasteiger partial charge < -0.3 is 9.30 Å². The number of hydrogen-bond acceptors (Lipinski definition) is 5. The summed E-state index contributed by atoms with van der Waals surface area (Å²) in [5.74, 6) is 1.05. The molecule has 0 bridgehead atoms. The third-order valence-electron chi connectivity index (χ3n) is 6.20. The monoisotopic (exact) mass is 583 g/mol. The second-order valence-electron chi connectivity index (χ2n) is 8.79. The molecule has 3 aromatic carbocycles. The van der Waals surface area contributed by atoms with Crippen molar-refractivity contribution in [3.63, 3.8) is 0 Å². The van der Waals surface area contributed by atoms with Gasteiger partial charge in [-0.1, -0.05) is 28.1 Å². The van der Waals surface area contributed by atoms with Gasteiger partial charge in [-0.25, -0.2) is 0 Å². The molecule has 0 N–H and O–H groups in total. The van der Waals surface area contributed by atoms with Gasteiger partial charge in [-0.05, 0) is 110 Å². The molecule has 6 nitrogen and oxygen atoms in total. The van der Waals surface area contributed by atoms with Crippen molar-refractivity contribution >= 4 is 44.9 Å². The van der Waals surface area contributed by atoms with E-state index in [0.717, 1.165) is 44.4 Å². The first-order chi connectivity index (χ1) is 18.3. The topological polar surface area (TPSA) is 75.3 Å². The first-order valence-electron chi connectivity index (χ1n) is 11.8. The summed E-state index contributed by atoms with van der Waals surface area (Å²) in [6.07, 6.45) is 1.80. The molecule has 0 saturated carbocycles. The van der Waals surface area contributed by atoms with Gasteiger partial charge in [0, 0.05) is 21.5 Å².